The average Bonchev–Trinajstić information content (AvgIpc) is 2.50. The predicted octanol–water partition coefficient (Wildman–Crippen LogP) is 5.97. The molecular weight excluding hydrogens is 309 g/mol. The summed E-state index contributed by atoms with van der Waals surface area (Å²) in [5.74, 6) is -0.379. The van der Waals surface area contributed by atoms with Gasteiger partial charge in [0.05, 0.1) is 0 Å². The zero-order valence-electron chi connectivity index (χ0n) is 15.1. The molecule has 0 rings (SSSR count). The molecule has 0 aromatic rings. The van der Waals surface area contributed by atoms with Crippen molar-refractivity contribution in [3.05, 3.63) is 0 Å². The first-order valence-corrected chi connectivity index (χ1v) is 10.9. The van der Waals surface area contributed by atoms with Crippen LogP contribution in [0, 0.1) is 0 Å². The van der Waals surface area contributed by atoms with E-state index in [1.807, 2.05) is 0 Å². The molecule has 0 aromatic carbocycles. The van der Waals surface area contributed by atoms with Crippen LogP contribution in [0.4, 0.5) is 0 Å². The van der Waals surface area contributed by atoms with Crippen molar-refractivity contribution in [1.29, 1.82) is 0 Å². The third-order valence-corrected chi connectivity index (χ3v) is 4.57. The Bertz CT molecular complexity index is 263. The SMILES string of the molecule is CCCCCCCCCCCCCCCCCC(=O)OP(N)O. The van der Waals surface area contributed by atoms with Crippen molar-refractivity contribution in [3.8, 4) is 0 Å². The van der Waals surface area contributed by atoms with Crippen LogP contribution in [0.25, 0.3) is 0 Å². The van der Waals surface area contributed by atoms with Gasteiger partial charge in [0.2, 0.25) is 0 Å². The highest BCUT2D eigenvalue weighted by molar-refractivity contribution is 7.43. The minimum Gasteiger partial charge on any atom is -0.404 e. The molecule has 0 bridgehead atoms. The van der Waals surface area contributed by atoms with Gasteiger partial charge in [0.15, 0.2) is 0 Å². The third-order valence-electron chi connectivity index (χ3n) is 4.18. The Morgan fingerprint density at radius 1 is 0.783 bits per heavy atom. The van der Waals surface area contributed by atoms with Crippen molar-refractivity contribution >= 4 is 14.5 Å². The number of carbonyl (C=O) groups is 1. The summed E-state index contributed by atoms with van der Waals surface area (Å²) in [7, 11) is -2.03. The fourth-order valence-electron chi connectivity index (χ4n) is 2.79. The Balaban J connectivity index is 3.06. The third kappa shape index (κ3) is 19.8. The lowest BCUT2D eigenvalue weighted by Crippen LogP contribution is -2.03. The number of hydrogen-bond acceptors (Lipinski definition) is 4. The van der Waals surface area contributed by atoms with Crippen molar-refractivity contribution in [2.45, 2.75) is 110 Å². The zero-order chi connectivity index (χ0) is 17.2. The summed E-state index contributed by atoms with van der Waals surface area (Å²) in [5, 5.41) is 0. The molecule has 1 atom stereocenters. The van der Waals surface area contributed by atoms with E-state index >= 15 is 0 Å². The lowest BCUT2D eigenvalue weighted by atomic mass is 10.0. The maximum atomic E-state index is 11.1. The van der Waals surface area contributed by atoms with E-state index in [0.717, 1.165) is 12.8 Å². The van der Waals surface area contributed by atoms with E-state index in [4.69, 9.17) is 10.4 Å². The van der Waals surface area contributed by atoms with Crippen LogP contribution in [-0.2, 0) is 9.32 Å². The second-order valence-corrected chi connectivity index (χ2v) is 7.25. The van der Waals surface area contributed by atoms with Crippen molar-refractivity contribution < 1.29 is 14.2 Å². The van der Waals surface area contributed by atoms with Crippen LogP contribution in [-0.4, -0.2) is 10.9 Å². The Morgan fingerprint density at radius 3 is 1.48 bits per heavy atom. The monoisotopic (exact) mass is 347 g/mol. The number of carbonyl (C=O) groups excluding carboxylic acids is 1. The largest absolute Gasteiger partial charge is 0.404 e. The van der Waals surface area contributed by atoms with E-state index in [1.165, 1.54) is 83.5 Å². The van der Waals surface area contributed by atoms with Crippen molar-refractivity contribution in [2.24, 2.45) is 5.50 Å². The van der Waals surface area contributed by atoms with Gasteiger partial charge in [0.25, 0.3) is 0 Å². The van der Waals surface area contributed by atoms with Gasteiger partial charge in [-0.3, -0.25) is 10.3 Å². The zero-order valence-corrected chi connectivity index (χ0v) is 16.0. The van der Waals surface area contributed by atoms with Gasteiger partial charge in [0, 0.05) is 6.42 Å². The molecule has 0 amide bonds. The fourth-order valence-corrected chi connectivity index (χ4v) is 3.09. The van der Waals surface area contributed by atoms with E-state index in [-0.39, 0.29) is 5.97 Å². The maximum Gasteiger partial charge on any atom is 0.314 e. The van der Waals surface area contributed by atoms with Crippen LogP contribution in [0.15, 0.2) is 0 Å². The van der Waals surface area contributed by atoms with Gasteiger partial charge in [-0.15, -0.1) is 0 Å². The summed E-state index contributed by atoms with van der Waals surface area (Å²) >= 11 is 0. The van der Waals surface area contributed by atoms with Crippen molar-refractivity contribution in [3.63, 3.8) is 0 Å². The second-order valence-electron chi connectivity index (χ2n) is 6.47. The maximum absolute atomic E-state index is 11.1. The first kappa shape index (κ1) is 22.8. The molecule has 0 aliphatic rings. The minimum atomic E-state index is -2.03. The molecule has 0 aliphatic heterocycles. The van der Waals surface area contributed by atoms with E-state index in [2.05, 4.69) is 11.4 Å². The van der Waals surface area contributed by atoms with Crippen LogP contribution in [0.5, 0.6) is 0 Å². The molecule has 0 saturated carbocycles. The normalized spacial score (nSPS) is 12.3. The van der Waals surface area contributed by atoms with Crippen LogP contribution < -0.4 is 5.50 Å². The highest BCUT2D eigenvalue weighted by atomic mass is 31.2. The molecule has 0 spiro atoms. The summed E-state index contributed by atoms with van der Waals surface area (Å²) in [6.45, 7) is 2.27. The van der Waals surface area contributed by atoms with Gasteiger partial charge in [-0.25, -0.2) is 0 Å². The van der Waals surface area contributed by atoms with E-state index < -0.39 is 8.53 Å². The van der Waals surface area contributed by atoms with E-state index in [0.29, 0.717) is 6.42 Å². The number of nitrogens with two attached hydrogens (primary N) is 1. The van der Waals surface area contributed by atoms with E-state index in [9.17, 15) is 4.79 Å². The summed E-state index contributed by atoms with van der Waals surface area (Å²) in [6.07, 6.45) is 19.9. The molecule has 0 heterocycles. The molecular formula is C18H38NO3P. The number of unbranched alkanes of at least 4 members (excludes halogenated alkanes) is 14. The molecule has 4 nitrogen and oxygen atoms in total. The van der Waals surface area contributed by atoms with E-state index in [1.54, 1.807) is 0 Å². The smallest absolute Gasteiger partial charge is 0.314 e. The van der Waals surface area contributed by atoms with Crippen LogP contribution in [0.2, 0.25) is 0 Å². The van der Waals surface area contributed by atoms with Crippen molar-refractivity contribution in [2.75, 3.05) is 0 Å². The molecule has 5 heteroatoms. The molecule has 0 aromatic heterocycles. The standard InChI is InChI=1S/C18H38NO3P/c1-2-3-4-5-6-7-8-9-10-11-12-13-14-15-16-17-18(20)22-23(19)21/h21H,2-17,19H2,1H3. The summed E-state index contributed by atoms with van der Waals surface area (Å²) in [6, 6.07) is 0. The molecule has 23 heavy (non-hydrogen) atoms. The number of rotatable bonds is 17. The molecule has 1 unspecified atom stereocenters. The second kappa shape index (κ2) is 18.2. The lowest BCUT2D eigenvalue weighted by Gasteiger charge is -2.05. The lowest BCUT2D eigenvalue weighted by molar-refractivity contribution is -0.134. The van der Waals surface area contributed by atoms with Gasteiger partial charge in [-0.05, 0) is 6.42 Å². The summed E-state index contributed by atoms with van der Waals surface area (Å²) in [5.41, 5.74) is 5.03. The first-order chi connectivity index (χ1) is 11.2. The van der Waals surface area contributed by atoms with Crippen molar-refractivity contribution in [1.82, 2.24) is 0 Å². The molecule has 0 aliphatic carbocycles. The highest BCUT2D eigenvalue weighted by Gasteiger charge is 2.06. The predicted molar refractivity (Wildman–Crippen MR) is 99.0 cm³/mol. The van der Waals surface area contributed by atoms with Gasteiger partial charge >= 0.3 is 14.5 Å². The van der Waals surface area contributed by atoms with Gasteiger partial charge in [-0.2, -0.15) is 0 Å². The van der Waals surface area contributed by atoms with Gasteiger partial charge in [-0.1, -0.05) is 96.8 Å². The Kier molecular flexibility index (Phi) is 18.0. The highest BCUT2D eigenvalue weighted by Crippen LogP contribution is 2.21. The average molecular weight is 347 g/mol. The van der Waals surface area contributed by atoms with Gasteiger partial charge in [0.1, 0.15) is 0 Å². The number of hydrogen-bond donors (Lipinski definition) is 2. The Labute approximate surface area is 144 Å². The molecule has 0 fully saturated rings. The summed E-state index contributed by atoms with van der Waals surface area (Å²) in [4.78, 5) is 19.9. The summed E-state index contributed by atoms with van der Waals surface area (Å²) < 4.78 is 4.53. The quantitative estimate of drug-likeness (QED) is 0.251. The van der Waals surface area contributed by atoms with Crippen LogP contribution in [0.1, 0.15) is 110 Å². The Hall–Kier alpha value is -0.180. The van der Waals surface area contributed by atoms with Gasteiger partial charge < -0.3 is 9.42 Å². The van der Waals surface area contributed by atoms with Crippen LogP contribution in [0.3, 0.4) is 0 Å². The topological polar surface area (TPSA) is 72.5 Å². The molecule has 138 valence electrons. The minimum absolute atomic E-state index is 0.370. The van der Waals surface area contributed by atoms with Crippen LogP contribution >= 0.6 is 8.53 Å². The molecule has 3 N–H and O–H groups in total. The molecule has 0 radical (unpaired) electrons. The molecule has 0 saturated heterocycles. The Morgan fingerprint density at radius 2 is 1.13 bits per heavy atom. The first-order valence-electron chi connectivity index (χ1n) is 9.61. The fraction of sp³-hybridized carbons (Fsp3) is 0.944.